The Bertz CT molecular complexity index is 636. The van der Waals surface area contributed by atoms with Crippen molar-refractivity contribution in [3.63, 3.8) is 0 Å². The third-order valence-electron chi connectivity index (χ3n) is 3.92. The summed E-state index contributed by atoms with van der Waals surface area (Å²) in [5, 5.41) is 4.32. The van der Waals surface area contributed by atoms with Crippen LogP contribution in [0.1, 0.15) is 31.7 Å². The minimum atomic E-state index is 0.156. The SMILES string of the molecule is C=C(c1ccccc1Cl)C(CCCC)Nc1ccc(OC)cc1. The first-order valence-corrected chi connectivity index (χ1v) is 8.37. The maximum absolute atomic E-state index is 6.33. The molecule has 122 valence electrons. The van der Waals surface area contributed by atoms with Crippen molar-refractivity contribution in [3.05, 3.63) is 65.7 Å². The molecule has 0 aromatic heterocycles. The van der Waals surface area contributed by atoms with Gasteiger partial charge in [-0.05, 0) is 47.9 Å². The van der Waals surface area contributed by atoms with Crippen LogP contribution in [0, 0.1) is 0 Å². The molecule has 2 aromatic rings. The molecule has 23 heavy (non-hydrogen) atoms. The zero-order valence-electron chi connectivity index (χ0n) is 13.8. The topological polar surface area (TPSA) is 21.3 Å². The predicted molar refractivity (Wildman–Crippen MR) is 100 cm³/mol. The molecule has 0 saturated carbocycles. The van der Waals surface area contributed by atoms with E-state index in [1.54, 1.807) is 7.11 Å². The summed E-state index contributed by atoms with van der Waals surface area (Å²) in [7, 11) is 1.67. The fourth-order valence-electron chi connectivity index (χ4n) is 2.54. The maximum atomic E-state index is 6.33. The van der Waals surface area contributed by atoms with E-state index in [0.717, 1.165) is 46.9 Å². The maximum Gasteiger partial charge on any atom is 0.119 e. The van der Waals surface area contributed by atoms with Crippen LogP contribution in [0.25, 0.3) is 5.57 Å². The molecule has 0 aliphatic carbocycles. The number of rotatable bonds is 8. The van der Waals surface area contributed by atoms with Gasteiger partial charge in [-0.2, -0.15) is 0 Å². The second kappa shape index (κ2) is 8.64. The Balaban J connectivity index is 2.18. The average Bonchev–Trinajstić information content (AvgIpc) is 2.59. The zero-order chi connectivity index (χ0) is 16.7. The summed E-state index contributed by atoms with van der Waals surface area (Å²) in [5.41, 5.74) is 3.09. The lowest BCUT2D eigenvalue weighted by Gasteiger charge is -2.23. The fraction of sp³-hybridized carbons (Fsp3) is 0.300. The van der Waals surface area contributed by atoms with E-state index >= 15 is 0 Å². The van der Waals surface area contributed by atoms with Crippen molar-refractivity contribution in [3.8, 4) is 5.75 Å². The van der Waals surface area contributed by atoms with E-state index in [0.29, 0.717) is 0 Å². The Morgan fingerprint density at radius 1 is 1.17 bits per heavy atom. The Morgan fingerprint density at radius 3 is 2.48 bits per heavy atom. The van der Waals surface area contributed by atoms with Crippen molar-refractivity contribution in [2.45, 2.75) is 32.2 Å². The summed E-state index contributed by atoms with van der Waals surface area (Å²) in [6.07, 6.45) is 3.31. The minimum absolute atomic E-state index is 0.156. The van der Waals surface area contributed by atoms with Crippen molar-refractivity contribution in [1.29, 1.82) is 0 Å². The van der Waals surface area contributed by atoms with Gasteiger partial charge in [0.2, 0.25) is 0 Å². The lowest BCUT2D eigenvalue weighted by atomic mass is 9.95. The van der Waals surface area contributed by atoms with Gasteiger partial charge in [-0.25, -0.2) is 0 Å². The highest BCUT2D eigenvalue weighted by atomic mass is 35.5. The predicted octanol–water partition coefficient (Wildman–Crippen LogP) is 6.03. The van der Waals surface area contributed by atoms with E-state index in [1.165, 1.54) is 0 Å². The Labute approximate surface area is 144 Å². The van der Waals surface area contributed by atoms with Crippen LogP contribution >= 0.6 is 11.6 Å². The van der Waals surface area contributed by atoms with Crippen LogP contribution in [-0.4, -0.2) is 13.2 Å². The van der Waals surface area contributed by atoms with Gasteiger partial charge >= 0.3 is 0 Å². The largest absolute Gasteiger partial charge is 0.497 e. The molecule has 0 heterocycles. The standard InChI is InChI=1S/C20H24ClNO/c1-4-5-10-20(15(2)18-8-6-7-9-19(18)21)22-16-11-13-17(23-3)14-12-16/h6-9,11-14,20,22H,2,4-5,10H2,1,3H3. The highest BCUT2D eigenvalue weighted by molar-refractivity contribution is 6.32. The summed E-state index contributed by atoms with van der Waals surface area (Å²) < 4.78 is 5.21. The van der Waals surface area contributed by atoms with Gasteiger partial charge in [-0.3, -0.25) is 0 Å². The van der Waals surface area contributed by atoms with Crippen LogP contribution in [0.5, 0.6) is 5.75 Å². The van der Waals surface area contributed by atoms with Crippen LogP contribution in [0.2, 0.25) is 5.02 Å². The number of unbranched alkanes of at least 4 members (excludes halogenated alkanes) is 1. The van der Waals surface area contributed by atoms with Gasteiger partial charge in [-0.1, -0.05) is 56.1 Å². The minimum Gasteiger partial charge on any atom is -0.497 e. The number of anilines is 1. The van der Waals surface area contributed by atoms with Crippen LogP contribution in [-0.2, 0) is 0 Å². The van der Waals surface area contributed by atoms with Crippen LogP contribution in [0.15, 0.2) is 55.1 Å². The molecule has 0 amide bonds. The van der Waals surface area contributed by atoms with E-state index < -0.39 is 0 Å². The van der Waals surface area contributed by atoms with Gasteiger partial charge in [0, 0.05) is 10.7 Å². The van der Waals surface area contributed by atoms with Gasteiger partial charge in [0.1, 0.15) is 5.75 Å². The smallest absolute Gasteiger partial charge is 0.119 e. The van der Waals surface area contributed by atoms with Crippen LogP contribution < -0.4 is 10.1 Å². The molecule has 3 heteroatoms. The zero-order valence-corrected chi connectivity index (χ0v) is 14.6. The Kier molecular flexibility index (Phi) is 6.54. The summed E-state index contributed by atoms with van der Waals surface area (Å²) in [6.45, 7) is 6.49. The highest BCUT2D eigenvalue weighted by Gasteiger charge is 2.16. The molecule has 1 atom stereocenters. The third kappa shape index (κ3) is 4.77. The molecule has 0 spiro atoms. The van der Waals surface area contributed by atoms with Crippen LogP contribution in [0.3, 0.4) is 0 Å². The number of methoxy groups -OCH3 is 1. The first kappa shape index (κ1) is 17.4. The van der Waals surface area contributed by atoms with Crippen molar-refractivity contribution in [1.82, 2.24) is 0 Å². The molecule has 0 aliphatic rings. The second-order valence-electron chi connectivity index (χ2n) is 5.57. The molecule has 2 nitrogen and oxygen atoms in total. The first-order valence-electron chi connectivity index (χ1n) is 8.00. The second-order valence-corrected chi connectivity index (χ2v) is 5.98. The van der Waals surface area contributed by atoms with Gasteiger partial charge in [0.15, 0.2) is 0 Å². The highest BCUT2D eigenvalue weighted by Crippen LogP contribution is 2.29. The molecule has 1 N–H and O–H groups in total. The summed E-state index contributed by atoms with van der Waals surface area (Å²) in [4.78, 5) is 0. The molecule has 1 unspecified atom stereocenters. The molecule has 2 rings (SSSR count). The van der Waals surface area contributed by atoms with E-state index in [1.807, 2.05) is 48.5 Å². The number of benzene rings is 2. The number of hydrogen-bond donors (Lipinski definition) is 1. The average molecular weight is 330 g/mol. The number of hydrogen-bond acceptors (Lipinski definition) is 2. The normalized spacial score (nSPS) is 11.8. The lowest BCUT2D eigenvalue weighted by molar-refractivity contribution is 0.415. The van der Waals surface area contributed by atoms with Gasteiger partial charge < -0.3 is 10.1 Å². The van der Waals surface area contributed by atoms with Gasteiger partial charge in [0.05, 0.1) is 13.2 Å². The van der Waals surface area contributed by atoms with E-state index in [2.05, 4.69) is 18.8 Å². The van der Waals surface area contributed by atoms with Crippen LogP contribution in [0.4, 0.5) is 5.69 Å². The lowest BCUT2D eigenvalue weighted by Crippen LogP contribution is -2.21. The quantitative estimate of drug-likeness (QED) is 0.638. The summed E-state index contributed by atoms with van der Waals surface area (Å²) in [5.74, 6) is 0.852. The summed E-state index contributed by atoms with van der Waals surface area (Å²) in [6, 6.07) is 16.0. The first-order chi connectivity index (χ1) is 11.2. The van der Waals surface area contributed by atoms with Gasteiger partial charge in [-0.15, -0.1) is 0 Å². The Hall–Kier alpha value is -1.93. The van der Waals surface area contributed by atoms with E-state index in [4.69, 9.17) is 16.3 Å². The Morgan fingerprint density at radius 2 is 1.87 bits per heavy atom. The molecular weight excluding hydrogens is 306 g/mol. The molecule has 0 aliphatic heterocycles. The van der Waals surface area contributed by atoms with Gasteiger partial charge in [0.25, 0.3) is 0 Å². The molecule has 0 radical (unpaired) electrons. The summed E-state index contributed by atoms with van der Waals surface area (Å²) >= 11 is 6.33. The molecule has 0 fully saturated rings. The number of ether oxygens (including phenoxy) is 1. The fourth-order valence-corrected chi connectivity index (χ4v) is 2.80. The van der Waals surface area contributed by atoms with Crippen molar-refractivity contribution in [2.24, 2.45) is 0 Å². The molecule has 0 saturated heterocycles. The monoisotopic (exact) mass is 329 g/mol. The van der Waals surface area contributed by atoms with E-state index in [-0.39, 0.29) is 6.04 Å². The molecule has 2 aromatic carbocycles. The van der Waals surface area contributed by atoms with E-state index in [9.17, 15) is 0 Å². The third-order valence-corrected chi connectivity index (χ3v) is 4.25. The number of nitrogens with one attached hydrogen (secondary N) is 1. The van der Waals surface area contributed by atoms with Crippen molar-refractivity contribution >= 4 is 22.9 Å². The number of halogens is 1. The molecule has 0 bridgehead atoms. The molecular formula is C20H24ClNO. The van der Waals surface area contributed by atoms with Crippen molar-refractivity contribution in [2.75, 3.05) is 12.4 Å². The van der Waals surface area contributed by atoms with Crippen molar-refractivity contribution < 1.29 is 4.74 Å².